The van der Waals surface area contributed by atoms with Gasteiger partial charge in [0.1, 0.15) is 23.1 Å². The van der Waals surface area contributed by atoms with Crippen molar-refractivity contribution in [3.63, 3.8) is 0 Å². The van der Waals surface area contributed by atoms with E-state index in [1.807, 2.05) is 19.9 Å². The average Bonchev–Trinajstić information content (AvgIpc) is 2.93. The van der Waals surface area contributed by atoms with E-state index < -0.39 is 6.04 Å². The van der Waals surface area contributed by atoms with Crippen LogP contribution in [-0.4, -0.2) is 48.4 Å². The van der Waals surface area contributed by atoms with Crippen molar-refractivity contribution in [1.82, 2.24) is 14.5 Å². The van der Waals surface area contributed by atoms with Gasteiger partial charge in [0.15, 0.2) is 0 Å². The van der Waals surface area contributed by atoms with Gasteiger partial charge in [0.2, 0.25) is 0 Å². The third-order valence-electron chi connectivity index (χ3n) is 6.26. The Kier molecular flexibility index (Phi) is 8.21. The lowest BCUT2D eigenvalue weighted by Crippen LogP contribution is -2.39. The number of nitrogens with zero attached hydrogens (tertiary/aromatic N) is 3. The fraction of sp³-hybridized carbons (Fsp3) is 0.250. The number of hydrogen-bond acceptors (Lipinski definition) is 6. The number of ether oxygens (including phenoxy) is 3. The van der Waals surface area contributed by atoms with Crippen molar-refractivity contribution in [3.05, 3.63) is 81.3 Å². The van der Waals surface area contributed by atoms with Gasteiger partial charge in [0, 0.05) is 30.4 Å². The molecule has 4 aromatic rings. The summed E-state index contributed by atoms with van der Waals surface area (Å²) in [5.41, 5.74) is 1.32. The quantitative estimate of drug-likeness (QED) is 0.283. The topological polar surface area (TPSA) is 94.9 Å². The fourth-order valence-corrected chi connectivity index (χ4v) is 4.85. The highest BCUT2D eigenvalue weighted by molar-refractivity contribution is 9.10. The minimum Gasteiger partial charge on any atom is -0.497 e. The van der Waals surface area contributed by atoms with E-state index in [1.165, 1.54) is 11.7 Å². The van der Waals surface area contributed by atoms with Gasteiger partial charge in [-0.25, -0.2) is 9.78 Å². The van der Waals surface area contributed by atoms with E-state index in [-0.39, 0.29) is 11.6 Å². The van der Waals surface area contributed by atoms with Crippen LogP contribution in [0.1, 0.15) is 25.7 Å². The summed E-state index contributed by atoms with van der Waals surface area (Å²) in [5, 5.41) is 3.37. The summed E-state index contributed by atoms with van der Waals surface area (Å²) in [6.07, 6.45) is 0. The average molecular weight is 581 g/mol. The Bertz CT molecular complexity index is 1540. The number of aromatic nitrogens is 2. The van der Waals surface area contributed by atoms with Crippen LogP contribution in [0.2, 0.25) is 0 Å². The van der Waals surface area contributed by atoms with E-state index in [0.29, 0.717) is 56.4 Å². The van der Waals surface area contributed by atoms with Crippen molar-refractivity contribution in [1.29, 1.82) is 0 Å². The number of hydrogen-bond donors (Lipinski definition) is 1. The first kappa shape index (κ1) is 27.0. The molecule has 1 N–H and O–H groups in total. The molecular formula is C28H29BrN4O5. The SMILES string of the molecule is CCN(C(=O)Nc1cccc(OC)c1)C(C)c1nc2ccccc2c(=O)n1-c1cc(OC)cc(OC)c1Br. The summed E-state index contributed by atoms with van der Waals surface area (Å²) < 4.78 is 18.3. The highest BCUT2D eigenvalue weighted by atomic mass is 79.9. The zero-order chi connectivity index (χ0) is 27.4. The molecule has 1 heterocycles. The number of benzene rings is 3. The second kappa shape index (κ2) is 11.6. The van der Waals surface area contributed by atoms with Crippen LogP contribution in [0.25, 0.3) is 16.6 Å². The molecule has 2 amide bonds. The van der Waals surface area contributed by atoms with Gasteiger partial charge in [-0.15, -0.1) is 0 Å². The minimum atomic E-state index is -0.591. The van der Waals surface area contributed by atoms with E-state index in [4.69, 9.17) is 19.2 Å². The molecule has 1 unspecified atom stereocenters. The number of amides is 2. The maximum atomic E-state index is 13.9. The molecule has 38 heavy (non-hydrogen) atoms. The lowest BCUT2D eigenvalue weighted by atomic mass is 10.1. The predicted molar refractivity (Wildman–Crippen MR) is 151 cm³/mol. The Labute approximate surface area is 229 Å². The Morgan fingerprint density at radius 3 is 2.45 bits per heavy atom. The summed E-state index contributed by atoms with van der Waals surface area (Å²) in [7, 11) is 4.65. The Morgan fingerprint density at radius 2 is 1.76 bits per heavy atom. The molecule has 0 saturated heterocycles. The van der Waals surface area contributed by atoms with Crippen LogP contribution in [-0.2, 0) is 0 Å². The van der Waals surface area contributed by atoms with Crippen LogP contribution in [0.4, 0.5) is 10.5 Å². The highest BCUT2D eigenvalue weighted by Crippen LogP contribution is 2.37. The Hall–Kier alpha value is -4.05. The zero-order valence-corrected chi connectivity index (χ0v) is 23.4. The second-order valence-electron chi connectivity index (χ2n) is 8.41. The number of carbonyl (C=O) groups excluding carboxylic acids is 1. The molecule has 0 bridgehead atoms. The number of nitrogens with one attached hydrogen (secondary N) is 1. The maximum absolute atomic E-state index is 13.9. The number of para-hydroxylation sites is 1. The largest absolute Gasteiger partial charge is 0.497 e. The van der Waals surface area contributed by atoms with Crippen LogP contribution >= 0.6 is 15.9 Å². The van der Waals surface area contributed by atoms with Gasteiger partial charge in [-0.3, -0.25) is 9.36 Å². The van der Waals surface area contributed by atoms with Crippen molar-refractivity contribution in [2.24, 2.45) is 0 Å². The molecule has 0 aliphatic rings. The third kappa shape index (κ3) is 5.17. The standard InChI is InChI=1S/C28H29BrN4O5/c1-6-32(28(35)30-18-10-9-11-19(14-18)36-3)17(2)26-31-22-13-8-7-12-21(22)27(34)33(26)23-15-20(37-4)16-24(38-5)25(23)29/h7-17H,6H2,1-5H3,(H,30,35). The van der Waals surface area contributed by atoms with Crippen molar-refractivity contribution in [3.8, 4) is 22.9 Å². The van der Waals surface area contributed by atoms with Crippen molar-refractivity contribution in [2.75, 3.05) is 33.2 Å². The van der Waals surface area contributed by atoms with Crippen LogP contribution < -0.4 is 25.1 Å². The van der Waals surface area contributed by atoms with Gasteiger partial charge >= 0.3 is 6.03 Å². The number of anilines is 1. The molecule has 0 fully saturated rings. The van der Waals surface area contributed by atoms with Crippen molar-refractivity contribution >= 4 is 38.6 Å². The molecule has 0 spiro atoms. The molecule has 0 aliphatic carbocycles. The molecule has 9 nitrogen and oxygen atoms in total. The molecule has 10 heteroatoms. The molecule has 198 valence electrons. The van der Waals surface area contributed by atoms with E-state index in [0.717, 1.165) is 0 Å². The Morgan fingerprint density at radius 1 is 1.03 bits per heavy atom. The summed E-state index contributed by atoms with van der Waals surface area (Å²) in [5.74, 6) is 2.00. The van der Waals surface area contributed by atoms with Gasteiger partial charge in [-0.1, -0.05) is 18.2 Å². The second-order valence-corrected chi connectivity index (χ2v) is 9.21. The highest BCUT2D eigenvalue weighted by Gasteiger charge is 2.27. The van der Waals surface area contributed by atoms with Crippen molar-refractivity contribution < 1.29 is 19.0 Å². The molecule has 1 aromatic heterocycles. The molecule has 1 atom stereocenters. The monoisotopic (exact) mass is 580 g/mol. The number of methoxy groups -OCH3 is 3. The summed E-state index contributed by atoms with van der Waals surface area (Å²) in [6, 6.07) is 16.8. The van der Waals surface area contributed by atoms with E-state index >= 15 is 0 Å². The van der Waals surface area contributed by atoms with Crippen LogP contribution in [0.3, 0.4) is 0 Å². The van der Waals surface area contributed by atoms with E-state index in [1.54, 1.807) is 73.7 Å². The van der Waals surface area contributed by atoms with Gasteiger partial charge < -0.3 is 24.4 Å². The van der Waals surface area contributed by atoms with Crippen LogP contribution in [0, 0.1) is 0 Å². The van der Waals surface area contributed by atoms with Gasteiger partial charge in [0.05, 0.1) is 48.4 Å². The fourth-order valence-electron chi connectivity index (χ4n) is 4.28. The number of rotatable bonds is 8. The number of urea groups is 1. The van der Waals surface area contributed by atoms with Gasteiger partial charge in [-0.05, 0) is 54.0 Å². The number of carbonyl (C=O) groups is 1. The molecule has 0 saturated carbocycles. The first-order valence-electron chi connectivity index (χ1n) is 12.0. The number of fused-ring (bicyclic) bond motifs is 1. The van der Waals surface area contributed by atoms with Crippen molar-refractivity contribution in [2.45, 2.75) is 19.9 Å². The maximum Gasteiger partial charge on any atom is 0.322 e. The molecule has 4 rings (SSSR count). The van der Waals surface area contributed by atoms with Crippen LogP contribution in [0.5, 0.6) is 17.2 Å². The summed E-state index contributed by atoms with van der Waals surface area (Å²) in [4.78, 5) is 33.8. The van der Waals surface area contributed by atoms with Crippen LogP contribution in [0.15, 0.2) is 69.9 Å². The first-order valence-corrected chi connectivity index (χ1v) is 12.8. The molecule has 3 aromatic carbocycles. The number of halogens is 1. The normalized spacial score (nSPS) is 11.6. The summed E-state index contributed by atoms with van der Waals surface area (Å²) in [6.45, 7) is 4.07. The predicted octanol–water partition coefficient (Wildman–Crippen LogP) is 5.79. The van der Waals surface area contributed by atoms with E-state index in [2.05, 4.69) is 21.2 Å². The Balaban J connectivity index is 1.88. The summed E-state index contributed by atoms with van der Waals surface area (Å²) >= 11 is 3.59. The lowest BCUT2D eigenvalue weighted by Gasteiger charge is -2.30. The van der Waals surface area contributed by atoms with Gasteiger partial charge in [0.25, 0.3) is 5.56 Å². The molecule has 0 radical (unpaired) electrons. The smallest absolute Gasteiger partial charge is 0.322 e. The molecule has 0 aliphatic heterocycles. The lowest BCUT2D eigenvalue weighted by molar-refractivity contribution is 0.193. The molecular weight excluding hydrogens is 552 g/mol. The van der Waals surface area contributed by atoms with E-state index in [9.17, 15) is 9.59 Å². The zero-order valence-electron chi connectivity index (χ0n) is 21.8. The first-order chi connectivity index (χ1) is 18.3. The minimum absolute atomic E-state index is 0.280. The third-order valence-corrected chi connectivity index (χ3v) is 7.05. The van der Waals surface area contributed by atoms with Gasteiger partial charge in [-0.2, -0.15) is 0 Å².